The first-order valence-electron chi connectivity index (χ1n) is 9.92. The standard InChI is InChI=1S/C22H22N6O3/c1-15-9-10-18(28-24-11-12-25-28)17(14-15)21(29)27-13-5-8-19(27)20(23)26-31-22(30)16-6-3-2-4-7-16/h2-4,6-7,9-12,14,19H,5,8,13H2,1H3,(H2,23,26). The van der Waals surface area contributed by atoms with Gasteiger partial charge in [0.15, 0.2) is 5.84 Å². The van der Waals surface area contributed by atoms with Crippen LogP contribution in [0.1, 0.15) is 39.1 Å². The average Bonchev–Trinajstić information content (AvgIpc) is 3.49. The summed E-state index contributed by atoms with van der Waals surface area (Å²) < 4.78 is 0. The highest BCUT2D eigenvalue weighted by molar-refractivity contribution is 6.01. The minimum atomic E-state index is -0.606. The molecule has 1 atom stereocenters. The maximum atomic E-state index is 13.4. The van der Waals surface area contributed by atoms with E-state index in [2.05, 4.69) is 15.4 Å². The molecule has 1 aliphatic rings. The van der Waals surface area contributed by atoms with Gasteiger partial charge in [0.05, 0.1) is 35.2 Å². The molecule has 2 heterocycles. The molecule has 9 nitrogen and oxygen atoms in total. The normalized spacial score (nSPS) is 16.4. The summed E-state index contributed by atoms with van der Waals surface area (Å²) in [6.45, 7) is 2.43. The van der Waals surface area contributed by atoms with Gasteiger partial charge in [-0.15, -0.1) is 0 Å². The van der Waals surface area contributed by atoms with Gasteiger partial charge in [-0.3, -0.25) is 4.79 Å². The molecule has 1 amide bonds. The summed E-state index contributed by atoms with van der Waals surface area (Å²) in [6, 6.07) is 13.6. The lowest BCUT2D eigenvalue weighted by atomic mass is 10.1. The van der Waals surface area contributed by atoms with Crippen LogP contribution < -0.4 is 5.73 Å². The molecule has 0 aliphatic carbocycles. The lowest BCUT2D eigenvalue weighted by Gasteiger charge is -2.25. The molecule has 1 unspecified atom stereocenters. The molecular formula is C22H22N6O3. The van der Waals surface area contributed by atoms with E-state index >= 15 is 0 Å². The van der Waals surface area contributed by atoms with E-state index in [0.29, 0.717) is 29.8 Å². The van der Waals surface area contributed by atoms with Crippen LogP contribution in [0.5, 0.6) is 0 Å². The topological polar surface area (TPSA) is 116 Å². The summed E-state index contributed by atoms with van der Waals surface area (Å²) in [5.74, 6) is -0.724. The second kappa shape index (κ2) is 8.78. The van der Waals surface area contributed by atoms with Gasteiger partial charge in [-0.1, -0.05) is 35.0 Å². The largest absolute Gasteiger partial charge is 0.383 e. The number of carbonyl (C=O) groups excluding carboxylic acids is 2. The Balaban J connectivity index is 1.55. The van der Waals surface area contributed by atoms with Crippen molar-refractivity contribution in [2.45, 2.75) is 25.8 Å². The van der Waals surface area contributed by atoms with Crippen LogP contribution in [-0.4, -0.2) is 50.2 Å². The van der Waals surface area contributed by atoms with Gasteiger partial charge in [-0.05, 0) is 44.0 Å². The molecule has 158 valence electrons. The lowest BCUT2D eigenvalue weighted by Crippen LogP contribution is -2.44. The van der Waals surface area contributed by atoms with Crippen LogP contribution in [0.4, 0.5) is 0 Å². The van der Waals surface area contributed by atoms with Crippen LogP contribution in [0, 0.1) is 6.92 Å². The number of likely N-dealkylation sites (tertiary alicyclic amines) is 1. The minimum absolute atomic E-state index is 0.0848. The molecule has 9 heteroatoms. The number of rotatable bonds is 5. The maximum Gasteiger partial charge on any atom is 0.365 e. The number of hydrogen-bond acceptors (Lipinski definition) is 6. The van der Waals surface area contributed by atoms with E-state index in [-0.39, 0.29) is 11.7 Å². The van der Waals surface area contributed by atoms with E-state index in [4.69, 9.17) is 10.6 Å². The van der Waals surface area contributed by atoms with Crippen molar-refractivity contribution in [1.29, 1.82) is 0 Å². The maximum absolute atomic E-state index is 13.4. The Bertz CT molecular complexity index is 1110. The number of aryl methyl sites for hydroxylation is 1. The van der Waals surface area contributed by atoms with Crippen LogP contribution in [0.2, 0.25) is 0 Å². The first-order chi connectivity index (χ1) is 15.0. The van der Waals surface area contributed by atoms with Gasteiger partial charge in [0.1, 0.15) is 0 Å². The van der Waals surface area contributed by atoms with Crippen LogP contribution >= 0.6 is 0 Å². The summed E-state index contributed by atoms with van der Waals surface area (Å²) in [7, 11) is 0. The second-order valence-corrected chi connectivity index (χ2v) is 7.26. The molecular weight excluding hydrogens is 396 g/mol. The van der Waals surface area contributed by atoms with Crippen molar-refractivity contribution < 1.29 is 14.4 Å². The summed E-state index contributed by atoms with van der Waals surface area (Å²) in [5, 5.41) is 12.1. The Morgan fingerprint density at radius 1 is 1.13 bits per heavy atom. The third-order valence-corrected chi connectivity index (χ3v) is 5.12. The zero-order valence-corrected chi connectivity index (χ0v) is 17.0. The molecule has 0 saturated carbocycles. The molecule has 1 aromatic heterocycles. The van der Waals surface area contributed by atoms with E-state index < -0.39 is 12.0 Å². The molecule has 1 saturated heterocycles. The number of hydrogen-bond donors (Lipinski definition) is 1. The number of aromatic nitrogens is 3. The van der Waals surface area contributed by atoms with E-state index in [1.807, 2.05) is 19.1 Å². The molecule has 4 rings (SSSR count). The van der Waals surface area contributed by atoms with Crippen molar-refractivity contribution in [3.63, 3.8) is 0 Å². The van der Waals surface area contributed by atoms with Crippen LogP contribution in [0.25, 0.3) is 5.69 Å². The fourth-order valence-electron chi connectivity index (χ4n) is 3.59. The number of oxime groups is 1. The van der Waals surface area contributed by atoms with E-state index in [9.17, 15) is 9.59 Å². The van der Waals surface area contributed by atoms with Crippen molar-refractivity contribution in [2.24, 2.45) is 10.9 Å². The highest BCUT2D eigenvalue weighted by Gasteiger charge is 2.34. The van der Waals surface area contributed by atoms with Crippen molar-refractivity contribution in [2.75, 3.05) is 6.54 Å². The van der Waals surface area contributed by atoms with Gasteiger partial charge in [-0.2, -0.15) is 15.0 Å². The third-order valence-electron chi connectivity index (χ3n) is 5.12. The van der Waals surface area contributed by atoms with Gasteiger partial charge >= 0.3 is 5.97 Å². The molecule has 1 fully saturated rings. The van der Waals surface area contributed by atoms with Gasteiger partial charge < -0.3 is 15.5 Å². The number of nitrogens with two attached hydrogens (primary N) is 1. The highest BCUT2D eigenvalue weighted by atomic mass is 16.7. The first kappa shape index (κ1) is 20.3. The first-order valence-corrected chi connectivity index (χ1v) is 9.92. The minimum Gasteiger partial charge on any atom is -0.383 e. The molecule has 0 bridgehead atoms. The Morgan fingerprint density at radius 2 is 1.87 bits per heavy atom. The summed E-state index contributed by atoms with van der Waals surface area (Å²) in [4.78, 5) is 33.6. The monoisotopic (exact) mass is 418 g/mol. The van der Waals surface area contributed by atoms with Crippen LogP contribution in [0.3, 0.4) is 0 Å². The van der Waals surface area contributed by atoms with Gasteiger partial charge in [-0.25, -0.2) is 4.79 Å². The van der Waals surface area contributed by atoms with Gasteiger partial charge in [0.25, 0.3) is 5.91 Å². The van der Waals surface area contributed by atoms with Crippen LogP contribution in [0.15, 0.2) is 66.1 Å². The van der Waals surface area contributed by atoms with Gasteiger partial charge in [0, 0.05) is 6.54 Å². The zero-order chi connectivity index (χ0) is 21.8. The fraction of sp³-hybridized carbons (Fsp3) is 0.227. The summed E-state index contributed by atoms with van der Waals surface area (Å²) in [5.41, 5.74) is 8.48. The molecule has 0 spiro atoms. The van der Waals surface area contributed by atoms with E-state index in [0.717, 1.165) is 12.0 Å². The van der Waals surface area contributed by atoms with Crippen LogP contribution in [-0.2, 0) is 4.84 Å². The van der Waals surface area contributed by atoms with Crippen molar-refractivity contribution in [1.82, 2.24) is 19.9 Å². The summed E-state index contributed by atoms with van der Waals surface area (Å²) in [6.07, 6.45) is 4.50. The smallest absolute Gasteiger partial charge is 0.365 e. The third kappa shape index (κ3) is 4.30. The fourth-order valence-corrected chi connectivity index (χ4v) is 3.59. The van der Waals surface area contributed by atoms with E-state index in [1.54, 1.807) is 53.7 Å². The van der Waals surface area contributed by atoms with Crippen molar-refractivity contribution in [3.05, 3.63) is 77.6 Å². The molecule has 2 aromatic carbocycles. The Hall–Kier alpha value is -4.01. The molecule has 31 heavy (non-hydrogen) atoms. The predicted molar refractivity (Wildman–Crippen MR) is 114 cm³/mol. The number of carbonyl (C=O) groups is 2. The molecule has 1 aliphatic heterocycles. The molecule has 2 N–H and O–H groups in total. The average molecular weight is 418 g/mol. The predicted octanol–water partition coefficient (Wildman–Crippen LogP) is 2.31. The number of amidine groups is 1. The van der Waals surface area contributed by atoms with E-state index in [1.165, 1.54) is 4.80 Å². The zero-order valence-electron chi connectivity index (χ0n) is 17.0. The lowest BCUT2D eigenvalue weighted by molar-refractivity contribution is 0.0512. The number of amides is 1. The number of nitrogens with zero attached hydrogens (tertiary/aromatic N) is 5. The Morgan fingerprint density at radius 3 is 2.61 bits per heavy atom. The molecule has 0 radical (unpaired) electrons. The Labute approximate surface area is 179 Å². The Kier molecular flexibility index (Phi) is 5.74. The highest BCUT2D eigenvalue weighted by Crippen LogP contribution is 2.24. The van der Waals surface area contributed by atoms with Crippen molar-refractivity contribution in [3.8, 4) is 5.69 Å². The second-order valence-electron chi connectivity index (χ2n) is 7.26. The molecule has 3 aromatic rings. The van der Waals surface area contributed by atoms with Crippen molar-refractivity contribution >= 4 is 17.7 Å². The summed E-state index contributed by atoms with van der Waals surface area (Å²) >= 11 is 0. The van der Waals surface area contributed by atoms with Gasteiger partial charge in [0.2, 0.25) is 0 Å². The number of benzene rings is 2. The SMILES string of the molecule is Cc1ccc(-n2nccn2)c(C(=O)N2CCCC2/C(N)=N/OC(=O)c2ccccc2)c1. The quantitative estimate of drug-likeness (QED) is 0.294.